The third kappa shape index (κ3) is 13.1. The van der Waals surface area contributed by atoms with Crippen molar-refractivity contribution in [3.63, 3.8) is 0 Å². The fraction of sp³-hybridized carbons (Fsp3) is 0.378. The highest BCUT2D eigenvalue weighted by Gasteiger charge is 2.09. The summed E-state index contributed by atoms with van der Waals surface area (Å²) in [5, 5.41) is 0. The average Bonchev–Trinajstić information content (AvgIpc) is 3.04. The summed E-state index contributed by atoms with van der Waals surface area (Å²) in [6, 6.07) is 21.7. The average molecular weight is 584 g/mol. The number of aliphatic imine (C=N–C) groups is 1. The maximum Gasteiger partial charge on any atom is 0.338 e. The minimum Gasteiger partial charge on any atom is -0.494 e. The van der Waals surface area contributed by atoms with E-state index in [1.165, 1.54) is 44.6 Å². The van der Waals surface area contributed by atoms with Crippen LogP contribution in [0.25, 0.3) is 6.08 Å². The predicted octanol–water partition coefficient (Wildman–Crippen LogP) is 9.39. The molecule has 0 radical (unpaired) electrons. The molecule has 228 valence electrons. The first-order valence-electron chi connectivity index (χ1n) is 15.5. The maximum absolute atomic E-state index is 12.3. The van der Waals surface area contributed by atoms with Crippen molar-refractivity contribution in [2.45, 2.75) is 72.1 Å². The normalized spacial score (nSPS) is 12.0. The molecule has 0 aliphatic heterocycles. The molecule has 0 spiro atoms. The van der Waals surface area contributed by atoms with Gasteiger partial charge >= 0.3 is 11.9 Å². The molecule has 0 aliphatic carbocycles. The summed E-state index contributed by atoms with van der Waals surface area (Å²) in [7, 11) is 0. The molecule has 1 atom stereocenters. The lowest BCUT2D eigenvalue weighted by Crippen LogP contribution is -2.11. The van der Waals surface area contributed by atoms with Crippen molar-refractivity contribution in [2.75, 3.05) is 13.2 Å². The molecule has 0 saturated carbocycles. The molecule has 3 aromatic rings. The van der Waals surface area contributed by atoms with E-state index in [0.29, 0.717) is 29.5 Å². The van der Waals surface area contributed by atoms with Crippen LogP contribution in [0.4, 0.5) is 5.69 Å². The second-order valence-corrected chi connectivity index (χ2v) is 10.8. The van der Waals surface area contributed by atoms with Gasteiger partial charge in [-0.1, -0.05) is 77.8 Å². The maximum atomic E-state index is 12.3. The summed E-state index contributed by atoms with van der Waals surface area (Å²) in [5.41, 5.74) is 2.96. The standard InChI is InChI=1S/C37H45NO5/c1-4-6-7-8-9-10-11-26-41-34-21-12-30(13-22-34)16-25-36(39)43-35-23-14-31(15-24-35)27-38-33-19-17-32(18-20-33)37(40)42-28-29(3)5-2/h12-25,27,29H,4-11,26,28H2,1-3H3/b25-16+,38-27?/t29-/m0/s1. The summed E-state index contributed by atoms with van der Waals surface area (Å²) in [5.74, 6) is 0.841. The Bertz CT molecular complexity index is 1290. The molecule has 43 heavy (non-hydrogen) atoms. The van der Waals surface area contributed by atoms with E-state index in [4.69, 9.17) is 14.2 Å². The molecule has 0 fully saturated rings. The smallest absolute Gasteiger partial charge is 0.338 e. The number of hydrogen-bond acceptors (Lipinski definition) is 6. The summed E-state index contributed by atoms with van der Waals surface area (Å²) >= 11 is 0. The van der Waals surface area contributed by atoms with Gasteiger partial charge < -0.3 is 14.2 Å². The lowest BCUT2D eigenvalue weighted by Gasteiger charge is -2.09. The summed E-state index contributed by atoms with van der Waals surface area (Å²) in [4.78, 5) is 28.9. The van der Waals surface area contributed by atoms with Crippen LogP contribution >= 0.6 is 0 Å². The SMILES string of the molecule is CCCCCCCCCOc1ccc(/C=C/C(=O)Oc2ccc(C=Nc3ccc(C(=O)OC[C@@H](C)CC)cc3)cc2)cc1. The second-order valence-electron chi connectivity index (χ2n) is 10.8. The summed E-state index contributed by atoms with van der Waals surface area (Å²) in [6.45, 7) is 7.50. The Morgan fingerprint density at radius 2 is 1.40 bits per heavy atom. The van der Waals surface area contributed by atoms with Crippen LogP contribution in [0.3, 0.4) is 0 Å². The Morgan fingerprint density at radius 1 is 0.767 bits per heavy atom. The van der Waals surface area contributed by atoms with Crippen molar-refractivity contribution in [1.29, 1.82) is 0 Å². The Labute approximate surface area is 256 Å². The van der Waals surface area contributed by atoms with Gasteiger partial charge in [-0.2, -0.15) is 0 Å². The van der Waals surface area contributed by atoms with E-state index in [0.717, 1.165) is 36.3 Å². The molecule has 0 aliphatic rings. The van der Waals surface area contributed by atoms with Crippen LogP contribution in [0.15, 0.2) is 83.9 Å². The third-order valence-electron chi connectivity index (χ3n) is 7.07. The zero-order valence-electron chi connectivity index (χ0n) is 25.8. The Hall–Kier alpha value is -4.19. The van der Waals surface area contributed by atoms with Gasteiger partial charge in [-0.15, -0.1) is 0 Å². The van der Waals surface area contributed by atoms with Crippen LogP contribution in [-0.4, -0.2) is 31.4 Å². The fourth-order valence-corrected chi connectivity index (χ4v) is 4.11. The predicted molar refractivity (Wildman–Crippen MR) is 174 cm³/mol. The molecule has 0 N–H and O–H groups in total. The van der Waals surface area contributed by atoms with E-state index in [-0.39, 0.29) is 5.97 Å². The van der Waals surface area contributed by atoms with E-state index >= 15 is 0 Å². The molecule has 0 aromatic heterocycles. The fourth-order valence-electron chi connectivity index (χ4n) is 4.11. The molecule has 3 aromatic carbocycles. The van der Waals surface area contributed by atoms with E-state index in [2.05, 4.69) is 18.8 Å². The van der Waals surface area contributed by atoms with Crippen LogP contribution in [0.2, 0.25) is 0 Å². The molecular weight excluding hydrogens is 538 g/mol. The van der Waals surface area contributed by atoms with Gasteiger partial charge in [-0.3, -0.25) is 4.99 Å². The van der Waals surface area contributed by atoms with E-state index in [9.17, 15) is 9.59 Å². The molecule has 0 heterocycles. The van der Waals surface area contributed by atoms with Crippen LogP contribution in [-0.2, 0) is 9.53 Å². The minimum absolute atomic E-state index is 0.326. The molecular formula is C37H45NO5. The van der Waals surface area contributed by atoms with Gasteiger partial charge in [-0.05, 0) is 90.2 Å². The Morgan fingerprint density at radius 3 is 2.07 bits per heavy atom. The molecule has 0 bridgehead atoms. The van der Waals surface area contributed by atoms with Crippen molar-refractivity contribution in [3.05, 3.63) is 95.6 Å². The topological polar surface area (TPSA) is 74.2 Å². The number of benzene rings is 3. The largest absolute Gasteiger partial charge is 0.494 e. The van der Waals surface area contributed by atoms with Gasteiger partial charge in [0.2, 0.25) is 0 Å². The zero-order chi connectivity index (χ0) is 30.7. The molecule has 0 unspecified atom stereocenters. The first kappa shape index (κ1) is 33.3. The number of rotatable bonds is 18. The van der Waals surface area contributed by atoms with E-state index < -0.39 is 5.97 Å². The Balaban J connectivity index is 1.39. The lowest BCUT2D eigenvalue weighted by molar-refractivity contribution is -0.128. The molecule has 3 rings (SSSR count). The van der Waals surface area contributed by atoms with Crippen molar-refractivity contribution in [3.8, 4) is 11.5 Å². The first-order chi connectivity index (χ1) is 21.0. The first-order valence-corrected chi connectivity index (χ1v) is 15.5. The van der Waals surface area contributed by atoms with Gasteiger partial charge in [0.1, 0.15) is 11.5 Å². The number of ether oxygens (including phenoxy) is 3. The number of carbonyl (C=O) groups excluding carboxylic acids is 2. The van der Waals surface area contributed by atoms with Crippen LogP contribution in [0, 0.1) is 5.92 Å². The van der Waals surface area contributed by atoms with E-state index in [1.807, 2.05) is 43.3 Å². The molecule has 6 heteroatoms. The zero-order valence-corrected chi connectivity index (χ0v) is 25.8. The number of nitrogens with zero attached hydrogens (tertiary/aromatic N) is 1. The van der Waals surface area contributed by atoms with E-state index in [1.54, 1.807) is 48.7 Å². The molecule has 0 amide bonds. The Kier molecular flexibility index (Phi) is 14.8. The van der Waals surface area contributed by atoms with Crippen LogP contribution in [0.1, 0.15) is 93.6 Å². The van der Waals surface area contributed by atoms with Gasteiger partial charge in [0.25, 0.3) is 0 Å². The van der Waals surface area contributed by atoms with Gasteiger partial charge in [-0.25, -0.2) is 9.59 Å². The monoisotopic (exact) mass is 583 g/mol. The number of unbranched alkanes of at least 4 members (excludes halogenated alkanes) is 6. The van der Waals surface area contributed by atoms with Gasteiger partial charge in [0.05, 0.1) is 24.5 Å². The highest BCUT2D eigenvalue weighted by Crippen LogP contribution is 2.18. The highest BCUT2D eigenvalue weighted by atomic mass is 16.5. The highest BCUT2D eigenvalue weighted by molar-refractivity contribution is 5.90. The quantitative estimate of drug-likeness (QED) is 0.0490. The summed E-state index contributed by atoms with van der Waals surface area (Å²) < 4.78 is 16.6. The van der Waals surface area contributed by atoms with Crippen LogP contribution in [0.5, 0.6) is 11.5 Å². The number of hydrogen-bond donors (Lipinski definition) is 0. The van der Waals surface area contributed by atoms with Crippen molar-refractivity contribution in [1.82, 2.24) is 0 Å². The number of carbonyl (C=O) groups is 2. The second kappa shape index (κ2) is 19.1. The lowest BCUT2D eigenvalue weighted by atomic mass is 10.1. The van der Waals surface area contributed by atoms with Crippen LogP contribution < -0.4 is 9.47 Å². The van der Waals surface area contributed by atoms with Crippen molar-refractivity contribution >= 4 is 29.9 Å². The van der Waals surface area contributed by atoms with Crippen molar-refractivity contribution < 1.29 is 23.8 Å². The van der Waals surface area contributed by atoms with Crippen molar-refractivity contribution in [2.24, 2.45) is 10.9 Å². The molecule has 6 nitrogen and oxygen atoms in total. The molecule has 0 saturated heterocycles. The minimum atomic E-state index is -0.455. The van der Waals surface area contributed by atoms with Gasteiger partial charge in [0.15, 0.2) is 0 Å². The van der Waals surface area contributed by atoms with Gasteiger partial charge in [0, 0.05) is 12.3 Å². The number of esters is 2. The summed E-state index contributed by atoms with van der Waals surface area (Å²) in [6.07, 6.45) is 14.6. The third-order valence-corrected chi connectivity index (χ3v) is 7.07.